The molecule has 2 saturated heterocycles. The van der Waals surface area contributed by atoms with Crippen molar-refractivity contribution in [1.29, 1.82) is 0 Å². The molecule has 1 atom stereocenters. The standard InChI is InChI=1S/C18H38N4/c1-5-21(13-9-19-4)18-7-10-20(11-8-18)14-17-6-12-22(15-17)16(2)3/h16-19H,5-15H2,1-4H3/t17-/m1/s1. The van der Waals surface area contributed by atoms with Crippen molar-refractivity contribution in [2.45, 2.75) is 52.1 Å². The zero-order valence-corrected chi connectivity index (χ0v) is 15.4. The summed E-state index contributed by atoms with van der Waals surface area (Å²) < 4.78 is 0. The number of hydrogen-bond donors (Lipinski definition) is 1. The van der Waals surface area contributed by atoms with Crippen LogP contribution in [0.15, 0.2) is 0 Å². The number of piperidine rings is 1. The summed E-state index contributed by atoms with van der Waals surface area (Å²) in [5, 5.41) is 3.29. The number of nitrogens with zero attached hydrogens (tertiary/aromatic N) is 3. The fraction of sp³-hybridized carbons (Fsp3) is 1.00. The van der Waals surface area contributed by atoms with E-state index in [1.54, 1.807) is 0 Å². The van der Waals surface area contributed by atoms with Crippen molar-refractivity contribution in [3.8, 4) is 0 Å². The summed E-state index contributed by atoms with van der Waals surface area (Å²) in [5.41, 5.74) is 0. The Kier molecular flexibility index (Phi) is 7.61. The summed E-state index contributed by atoms with van der Waals surface area (Å²) >= 11 is 0. The highest BCUT2D eigenvalue weighted by atomic mass is 15.2. The fourth-order valence-electron chi connectivity index (χ4n) is 4.17. The van der Waals surface area contributed by atoms with Gasteiger partial charge >= 0.3 is 0 Å². The molecule has 2 fully saturated rings. The molecule has 0 radical (unpaired) electrons. The van der Waals surface area contributed by atoms with Gasteiger partial charge in [-0.15, -0.1) is 0 Å². The second kappa shape index (κ2) is 9.21. The van der Waals surface area contributed by atoms with E-state index in [1.807, 2.05) is 0 Å². The first-order valence-corrected chi connectivity index (χ1v) is 9.49. The van der Waals surface area contributed by atoms with Gasteiger partial charge in [0.2, 0.25) is 0 Å². The molecule has 2 aliphatic rings. The summed E-state index contributed by atoms with van der Waals surface area (Å²) in [5.74, 6) is 0.908. The molecule has 0 saturated carbocycles. The van der Waals surface area contributed by atoms with E-state index in [9.17, 15) is 0 Å². The molecule has 0 aliphatic carbocycles. The molecule has 2 aliphatic heterocycles. The van der Waals surface area contributed by atoms with Crippen LogP contribution in [0.2, 0.25) is 0 Å². The van der Waals surface area contributed by atoms with E-state index >= 15 is 0 Å². The van der Waals surface area contributed by atoms with Crippen LogP contribution in [0.25, 0.3) is 0 Å². The zero-order valence-electron chi connectivity index (χ0n) is 15.4. The predicted molar refractivity (Wildman–Crippen MR) is 95.5 cm³/mol. The third-order valence-electron chi connectivity index (χ3n) is 5.69. The second-order valence-electron chi connectivity index (χ2n) is 7.51. The van der Waals surface area contributed by atoms with Crippen molar-refractivity contribution in [1.82, 2.24) is 20.0 Å². The first-order chi connectivity index (χ1) is 10.6. The van der Waals surface area contributed by atoms with E-state index in [0.29, 0.717) is 0 Å². The molecule has 130 valence electrons. The Hall–Kier alpha value is -0.160. The van der Waals surface area contributed by atoms with E-state index < -0.39 is 0 Å². The van der Waals surface area contributed by atoms with Gasteiger partial charge in [0.15, 0.2) is 0 Å². The molecular formula is C18H38N4. The summed E-state index contributed by atoms with van der Waals surface area (Å²) in [6.07, 6.45) is 4.12. The summed E-state index contributed by atoms with van der Waals surface area (Å²) in [4.78, 5) is 8.05. The van der Waals surface area contributed by atoms with E-state index in [1.165, 1.54) is 65.1 Å². The van der Waals surface area contributed by atoms with E-state index in [-0.39, 0.29) is 0 Å². The van der Waals surface area contributed by atoms with Gasteiger partial charge in [-0.2, -0.15) is 0 Å². The Morgan fingerprint density at radius 1 is 1.14 bits per heavy atom. The smallest absolute Gasteiger partial charge is 0.0120 e. The second-order valence-corrected chi connectivity index (χ2v) is 7.51. The van der Waals surface area contributed by atoms with Gasteiger partial charge < -0.3 is 15.1 Å². The SMILES string of the molecule is CCN(CCNC)C1CCN(C[C@H]2CCN(C(C)C)C2)CC1. The molecule has 0 aromatic heterocycles. The Morgan fingerprint density at radius 2 is 1.86 bits per heavy atom. The molecule has 2 rings (SSSR count). The third-order valence-corrected chi connectivity index (χ3v) is 5.69. The molecule has 0 spiro atoms. The van der Waals surface area contributed by atoms with Crippen molar-refractivity contribution in [2.75, 3.05) is 59.4 Å². The lowest BCUT2D eigenvalue weighted by Crippen LogP contribution is -2.47. The molecule has 0 aromatic carbocycles. The molecule has 22 heavy (non-hydrogen) atoms. The zero-order chi connectivity index (χ0) is 15.9. The highest BCUT2D eigenvalue weighted by molar-refractivity contribution is 4.84. The molecule has 0 bridgehead atoms. The van der Waals surface area contributed by atoms with Crippen LogP contribution in [-0.2, 0) is 0 Å². The minimum Gasteiger partial charge on any atom is -0.318 e. The number of hydrogen-bond acceptors (Lipinski definition) is 4. The maximum absolute atomic E-state index is 3.29. The largest absolute Gasteiger partial charge is 0.318 e. The van der Waals surface area contributed by atoms with Crippen LogP contribution in [0.5, 0.6) is 0 Å². The molecule has 1 N–H and O–H groups in total. The number of likely N-dealkylation sites (N-methyl/N-ethyl adjacent to an activating group) is 2. The van der Waals surface area contributed by atoms with Crippen LogP contribution in [0.1, 0.15) is 40.0 Å². The first kappa shape index (κ1) is 18.2. The highest BCUT2D eigenvalue weighted by Gasteiger charge is 2.28. The molecule has 4 nitrogen and oxygen atoms in total. The molecule has 0 amide bonds. The van der Waals surface area contributed by atoms with Crippen molar-refractivity contribution in [3.63, 3.8) is 0 Å². The van der Waals surface area contributed by atoms with Crippen molar-refractivity contribution in [3.05, 3.63) is 0 Å². The number of likely N-dealkylation sites (tertiary alicyclic amines) is 2. The van der Waals surface area contributed by atoms with Crippen LogP contribution in [0.3, 0.4) is 0 Å². The minimum absolute atomic E-state index is 0.723. The molecule has 0 unspecified atom stereocenters. The van der Waals surface area contributed by atoms with Gasteiger partial charge in [0.05, 0.1) is 0 Å². The lowest BCUT2D eigenvalue weighted by atomic mass is 10.0. The summed E-state index contributed by atoms with van der Waals surface area (Å²) in [6.45, 7) is 17.0. The summed E-state index contributed by atoms with van der Waals surface area (Å²) in [7, 11) is 2.05. The van der Waals surface area contributed by atoms with Gasteiger partial charge in [-0.25, -0.2) is 0 Å². The Balaban J connectivity index is 1.69. The first-order valence-electron chi connectivity index (χ1n) is 9.49. The minimum atomic E-state index is 0.723. The van der Waals surface area contributed by atoms with Gasteiger partial charge in [0.25, 0.3) is 0 Å². The molecule has 0 aromatic rings. The predicted octanol–water partition coefficient (Wildman–Crippen LogP) is 1.72. The molecule has 4 heteroatoms. The van der Waals surface area contributed by atoms with E-state index in [4.69, 9.17) is 0 Å². The van der Waals surface area contributed by atoms with Crippen molar-refractivity contribution in [2.24, 2.45) is 5.92 Å². The Morgan fingerprint density at radius 3 is 2.41 bits per heavy atom. The fourth-order valence-corrected chi connectivity index (χ4v) is 4.17. The Bertz CT molecular complexity index is 299. The van der Waals surface area contributed by atoms with Crippen LogP contribution in [-0.4, -0.2) is 86.2 Å². The molecular weight excluding hydrogens is 272 g/mol. The van der Waals surface area contributed by atoms with Crippen LogP contribution in [0.4, 0.5) is 0 Å². The number of nitrogens with one attached hydrogen (secondary N) is 1. The van der Waals surface area contributed by atoms with Crippen LogP contribution < -0.4 is 5.32 Å². The summed E-state index contributed by atoms with van der Waals surface area (Å²) in [6, 6.07) is 1.53. The van der Waals surface area contributed by atoms with E-state index in [0.717, 1.165) is 24.5 Å². The third kappa shape index (κ3) is 5.19. The average molecular weight is 311 g/mol. The lowest BCUT2D eigenvalue weighted by Gasteiger charge is -2.39. The van der Waals surface area contributed by atoms with Crippen molar-refractivity contribution < 1.29 is 0 Å². The van der Waals surface area contributed by atoms with E-state index in [2.05, 4.69) is 47.8 Å². The average Bonchev–Trinajstić information content (AvgIpc) is 2.98. The van der Waals surface area contributed by atoms with Gasteiger partial charge in [0, 0.05) is 38.3 Å². The van der Waals surface area contributed by atoms with Gasteiger partial charge in [0.1, 0.15) is 0 Å². The van der Waals surface area contributed by atoms with Crippen molar-refractivity contribution >= 4 is 0 Å². The number of rotatable bonds is 8. The monoisotopic (exact) mass is 310 g/mol. The van der Waals surface area contributed by atoms with Gasteiger partial charge in [-0.1, -0.05) is 6.92 Å². The van der Waals surface area contributed by atoms with Gasteiger partial charge in [-0.3, -0.25) is 4.90 Å². The Labute approximate surface area is 138 Å². The highest BCUT2D eigenvalue weighted by Crippen LogP contribution is 2.22. The normalized spacial score (nSPS) is 25.6. The maximum Gasteiger partial charge on any atom is 0.0120 e. The topological polar surface area (TPSA) is 21.8 Å². The lowest BCUT2D eigenvalue weighted by molar-refractivity contribution is 0.103. The van der Waals surface area contributed by atoms with Gasteiger partial charge in [-0.05, 0) is 72.3 Å². The molecule has 2 heterocycles. The van der Waals surface area contributed by atoms with Crippen LogP contribution >= 0.6 is 0 Å². The quantitative estimate of drug-likeness (QED) is 0.737. The van der Waals surface area contributed by atoms with Crippen LogP contribution in [0, 0.1) is 5.92 Å². The maximum atomic E-state index is 3.29.